The highest BCUT2D eigenvalue weighted by atomic mass is 32.2. The van der Waals surface area contributed by atoms with Crippen molar-refractivity contribution in [3.63, 3.8) is 0 Å². The van der Waals surface area contributed by atoms with Crippen molar-refractivity contribution < 1.29 is 22.1 Å². The third-order valence-corrected chi connectivity index (χ3v) is 5.17. The molecule has 1 atom stereocenters. The summed E-state index contributed by atoms with van der Waals surface area (Å²) in [5.74, 6) is -0.706. The molecule has 0 amide bonds. The van der Waals surface area contributed by atoms with Crippen LogP contribution >= 0.6 is 0 Å². The van der Waals surface area contributed by atoms with E-state index in [1.165, 1.54) is 24.3 Å². The summed E-state index contributed by atoms with van der Waals surface area (Å²) in [6.07, 6.45) is 0.255. The Morgan fingerprint density at radius 3 is 2.37 bits per heavy atom. The van der Waals surface area contributed by atoms with Gasteiger partial charge in [0, 0.05) is 0 Å². The third kappa shape index (κ3) is 6.20. The summed E-state index contributed by atoms with van der Waals surface area (Å²) in [6, 6.07) is 16.9. The van der Waals surface area contributed by atoms with Gasteiger partial charge in [0.2, 0.25) is 0 Å². The summed E-state index contributed by atoms with van der Waals surface area (Å²) in [5.41, 5.74) is 1.42. The van der Waals surface area contributed by atoms with Crippen LogP contribution < -0.4 is 0 Å². The number of nitrogens with zero attached hydrogens (tertiary/aromatic N) is 1. The second kappa shape index (κ2) is 9.86. The zero-order valence-electron chi connectivity index (χ0n) is 15.0. The van der Waals surface area contributed by atoms with Gasteiger partial charge >= 0.3 is 5.97 Å². The molecule has 0 aliphatic heterocycles. The lowest BCUT2D eigenvalue weighted by Crippen LogP contribution is -2.29. The minimum absolute atomic E-state index is 0.112. The molecule has 0 aromatic heterocycles. The van der Waals surface area contributed by atoms with Crippen LogP contribution in [-0.2, 0) is 30.3 Å². The second-order valence-corrected chi connectivity index (χ2v) is 7.38. The standard InChI is InChI=1S/C20H21NO5S/c1-2-25-20(22)19(10-6-9-16-7-4-3-5-8-16)26-27(23,24)18-13-11-17(15-21)12-14-18/h3-5,7-8,11-14,19H,2,6,9-10H2,1H3/t19-/m1/s1. The monoisotopic (exact) mass is 387 g/mol. The van der Waals surface area contributed by atoms with Crippen LogP contribution in [-0.4, -0.2) is 27.1 Å². The van der Waals surface area contributed by atoms with Gasteiger partial charge in [-0.3, -0.25) is 4.18 Å². The number of esters is 1. The van der Waals surface area contributed by atoms with Crippen molar-refractivity contribution in [2.45, 2.75) is 37.2 Å². The molecule has 2 aromatic carbocycles. The molecule has 0 saturated heterocycles. The molecule has 0 spiro atoms. The quantitative estimate of drug-likeness (QED) is 0.484. The summed E-state index contributed by atoms with van der Waals surface area (Å²) in [6.45, 7) is 1.78. The number of hydrogen-bond donors (Lipinski definition) is 0. The lowest BCUT2D eigenvalue weighted by molar-refractivity contribution is -0.151. The van der Waals surface area contributed by atoms with Gasteiger partial charge in [-0.15, -0.1) is 0 Å². The van der Waals surface area contributed by atoms with Crippen LogP contribution in [0.3, 0.4) is 0 Å². The molecule has 0 aliphatic rings. The first-order chi connectivity index (χ1) is 13.0. The predicted octanol–water partition coefficient (Wildman–Crippen LogP) is 3.22. The Morgan fingerprint density at radius 1 is 1.11 bits per heavy atom. The van der Waals surface area contributed by atoms with Crippen molar-refractivity contribution in [2.24, 2.45) is 0 Å². The van der Waals surface area contributed by atoms with Gasteiger partial charge in [-0.1, -0.05) is 30.3 Å². The van der Waals surface area contributed by atoms with Gasteiger partial charge < -0.3 is 4.74 Å². The molecule has 27 heavy (non-hydrogen) atoms. The number of aryl methyl sites for hydroxylation is 1. The second-order valence-electron chi connectivity index (χ2n) is 5.81. The normalized spacial score (nSPS) is 12.1. The SMILES string of the molecule is CCOC(=O)[C@@H](CCCc1ccccc1)OS(=O)(=O)c1ccc(C#N)cc1. The van der Waals surface area contributed by atoms with Crippen LogP contribution in [0.1, 0.15) is 30.9 Å². The van der Waals surface area contributed by atoms with Crippen LogP contribution in [0, 0.1) is 11.3 Å². The third-order valence-electron chi connectivity index (χ3n) is 3.84. The van der Waals surface area contributed by atoms with Crippen molar-refractivity contribution >= 4 is 16.1 Å². The van der Waals surface area contributed by atoms with Crippen LogP contribution in [0.15, 0.2) is 59.5 Å². The fourth-order valence-electron chi connectivity index (χ4n) is 2.48. The highest BCUT2D eigenvalue weighted by molar-refractivity contribution is 7.86. The van der Waals surface area contributed by atoms with Crippen LogP contribution in [0.4, 0.5) is 0 Å². The summed E-state index contributed by atoms with van der Waals surface area (Å²) < 4.78 is 35.1. The maximum absolute atomic E-state index is 12.5. The van der Waals surface area contributed by atoms with Crippen LogP contribution in [0.5, 0.6) is 0 Å². The Kier molecular flexibility index (Phi) is 7.53. The highest BCUT2D eigenvalue weighted by Crippen LogP contribution is 2.19. The Hall–Kier alpha value is -2.69. The molecular formula is C20H21NO5S. The van der Waals surface area contributed by atoms with E-state index in [9.17, 15) is 13.2 Å². The van der Waals surface area contributed by atoms with E-state index in [-0.39, 0.29) is 17.9 Å². The van der Waals surface area contributed by atoms with Crippen molar-refractivity contribution in [3.05, 3.63) is 65.7 Å². The number of carbonyl (C=O) groups is 1. The lowest BCUT2D eigenvalue weighted by atomic mass is 10.1. The van der Waals surface area contributed by atoms with Crippen LogP contribution in [0.2, 0.25) is 0 Å². The first-order valence-electron chi connectivity index (χ1n) is 8.60. The minimum Gasteiger partial charge on any atom is -0.464 e. The summed E-state index contributed by atoms with van der Waals surface area (Å²) >= 11 is 0. The van der Waals surface area contributed by atoms with E-state index in [0.29, 0.717) is 18.4 Å². The molecule has 2 rings (SSSR count). The van der Waals surface area contributed by atoms with Gasteiger partial charge in [0.1, 0.15) is 0 Å². The fraction of sp³-hybridized carbons (Fsp3) is 0.300. The molecule has 0 bridgehead atoms. The van der Waals surface area contributed by atoms with E-state index in [1.807, 2.05) is 36.4 Å². The molecular weight excluding hydrogens is 366 g/mol. The van der Waals surface area contributed by atoms with Gasteiger partial charge in [-0.25, -0.2) is 4.79 Å². The number of nitriles is 1. The molecule has 0 aliphatic carbocycles. The smallest absolute Gasteiger partial charge is 0.336 e. The predicted molar refractivity (Wildman–Crippen MR) is 99.2 cm³/mol. The van der Waals surface area contributed by atoms with E-state index in [4.69, 9.17) is 14.2 Å². The zero-order chi connectivity index (χ0) is 19.7. The Morgan fingerprint density at radius 2 is 1.78 bits per heavy atom. The molecule has 0 radical (unpaired) electrons. The minimum atomic E-state index is -4.15. The maximum atomic E-state index is 12.5. The number of hydrogen-bond acceptors (Lipinski definition) is 6. The first-order valence-corrected chi connectivity index (χ1v) is 10.0. The molecule has 2 aromatic rings. The fourth-order valence-corrected chi connectivity index (χ4v) is 3.54. The summed E-state index contributed by atoms with van der Waals surface area (Å²) in [4.78, 5) is 12.0. The largest absolute Gasteiger partial charge is 0.464 e. The molecule has 7 heteroatoms. The van der Waals surface area contributed by atoms with E-state index in [0.717, 1.165) is 5.56 Å². The van der Waals surface area contributed by atoms with E-state index in [2.05, 4.69) is 0 Å². The molecule has 6 nitrogen and oxygen atoms in total. The van der Waals surface area contributed by atoms with Gasteiger partial charge in [-0.2, -0.15) is 13.7 Å². The maximum Gasteiger partial charge on any atom is 0.336 e. The molecule has 142 valence electrons. The number of benzene rings is 2. The molecule has 0 unspecified atom stereocenters. The first kappa shape index (κ1) is 20.6. The molecule has 0 fully saturated rings. The van der Waals surface area contributed by atoms with E-state index in [1.54, 1.807) is 6.92 Å². The Bertz CT molecular complexity index is 886. The van der Waals surface area contributed by atoms with Crippen molar-refractivity contribution in [2.75, 3.05) is 6.61 Å². The van der Waals surface area contributed by atoms with Crippen molar-refractivity contribution in [1.82, 2.24) is 0 Å². The van der Waals surface area contributed by atoms with Crippen molar-refractivity contribution in [3.8, 4) is 6.07 Å². The van der Waals surface area contributed by atoms with Crippen LogP contribution in [0.25, 0.3) is 0 Å². The topological polar surface area (TPSA) is 93.5 Å². The Balaban J connectivity index is 2.08. The average molecular weight is 387 g/mol. The average Bonchev–Trinajstić information content (AvgIpc) is 2.68. The molecule has 0 N–H and O–H groups in total. The zero-order valence-corrected chi connectivity index (χ0v) is 15.8. The summed E-state index contributed by atoms with van der Waals surface area (Å²) in [5, 5.41) is 8.81. The van der Waals surface area contributed by atoms with Gasteiger partial charge in [-0.05, 0) is 56.0 Å². The number of rotatable bonds is 9. The van der Waals surface area contributed by atoms with Gasteiger partial charge in [0.25, 0.3) is 10.1 Å². The molecule has 0 heterocycles. The highest BCUT2D eigenvalue weighted by Gasteiger charge is 2.28. The summed E-state index contributed by atoms with van der Waals surface area (Å²) in [7, 11) is -4.15. The number of carbonyl (C=O) groups excluding carboxylic acids is 1. The Labute approximate surface area is 159 Å². The molecule has 0 saturated carbocycles. The van der Waals surface area contributed by atoms with Gasteiger partial charge in [0.05, 0.1) is 23.1 Å². The number of ether oxygens (including phenoxy) is 1. The van der Waals surface area contributed by atoms with E-state index >= 15 is 0 Å². The van der Waals surface area contributed by atoms with Gasteiger partial charge in [0.15, 0.2) is 6.10 Å². The van der Waals surface area contributed by atoms with E-state index < -0.39 is 22.2 Å². The lowest BCUT2D eigenvalue weighted by Gasteiger charge is -2.16. The van der Waals surface area contributed by atoms with Crippen molar-refractivity contribution in [1.29, 1.82) is 5.26 Å².